The van der Waals surface area contributed by atoms with Crippen molar-refractivity contribution in [3.63, 3.8) is 0 Å². The summed E-state index contributed by atoms with van der Waals surface area (Å²) in [4.78, 5) is 18.9. The summed E-state index contributed by atoms with van der Waals surface area (Å²) in [6, 6.07) is 14.0. The van der Waals surface area contributed by atoms with E-state index in [0.29, 0.717) is 42.6 Å². The molecular weight excluding hydrogens is 504 g/mol. The number of rotatable bonds is 8. The first-order valence-corrected chi connectivity index (χ1v) is 13.8. The third-order valence-corrected chi connectivity index (χ3v) is 8.25. The molecule has 1 saturated heterocycles. The summed E-state index contributed by atoms with van der Waals surface area (Å²) in [5.41, 5.74) is 2.74. The van der Waals surface area contributed by atoms with Crippen LogP contribution >= 0.6 is 15.9 Å². The van der Waals surface area contributed by atoms with Crippen molar-refractivity contribution in [3.05, 3.63) is 58.1 Å². The molecule has 7 nitrogen and oxygen atoms in total. The Bertz CT molecular complexity index is 1090. The Kier molecular flexibility index (Phi) is 7.86. The van der Waals surface area contributed by atoms with Crippen molar-refractivity contribution >= 4 is 37.5 Å². The molecule has 0 saturated carbocycles. The van der Waals surface area contributed by atoms with E-state index in [-0.39, 0.29) is 10.8 Å². The molecule has 2 aliphatic heterocycles. The van der Waals surface area contributed by atoms with Gasteiger partial charge in [-0.1, -0.05) is 53.2 Å². The molecule has 0 radical (unpaired) electrons. The first kappa shape index (κ1) is 24.3. The highest BCUT2D eigenvalue weighted by Crippen LogP contribution is 2.37. The molecule has 2 aromatic rings. The van der Waals surface area contributed by atoms with Gasteiger partial charge >= 0.3 is 0 Å². The van der Waals surface area contributed by atoms with E-state index in [1.807, 2.05) is 12.1 Å². The highest BCUT2D eigenvalue weighted by atomic mass is 79.9. The van der Waals surface area contributed by atoms with Gasteiger partial charge in [-0.15, -0.1) is 0 Å². The minimum atomic E-state index is -3.75. The lowest BCUT2D eigenvalue weighted by molar-refractivity contribution is -0.118. The molecule has 33 heavy (non-hydrogen) atoms. The van der Waals surface area contributed by atoms with E-state index in [1.165, 1.54) is 5.56 Å². The lowest BCUT2D eigenvalue weighted by atomic mass is 10.2. The molecule has 9 heteroatoms. The molecule has 2 heterocycles. The van der Waals surface area contributed by atoms with Crippen molar-refractivity contribution < 1.29 is 13.2 Å². The first-order valence-electron chi connectivity index (χ1n) is 11.5. The minimum absolute atomic E-state index is 0.0547. The number of anilines is 1. The van der Waals surface area contributed by atoms with E-state index < -0.39 is 10.0 Å². The fourth-order valence-corrected chi connectivity index (χ4v) is 6.49. The zero-order valence-corrected chi connectivity index (χ0v) is 21.4. The maximum atomic E-state index is 13.2. The third kappa shape index (κ3) is 5.84. The maximum Gasteiger partial charge on any atom is 0.242 e. The van der Waals surface area contributed by atoms with Gasteiger partial charge in [0.15, 0.2) is 0 Å². The number of fused-ring (bicyclic) bond motifs is 1. The molecule has 178 valence electrons. The van der Waals surface area contributed by atoms with Gasteiger partial charge in [-0.25, -0.2) is 13.1 Å². The Hall–Kier alpha value is -1.78. The van der Waals surface area contributed by atoms with Gasteiger partial charge in [-0.05, 0) is 29.7 Å². The largest absolute Gasteiger partial charge is 0.310 e. The average molecular weight is 536 g/mol. The number of carbonyl (C=O) groups is 1. The second-order valence-electron chi connectivity index (χ2n) is 8.56. The number of halogens is 1. The number of sulfonamides is 1. The summed E-state index contributed by atoms with van der Waals surface area (Å²) in [6.07, 6.45) is 1.01. The second-order valence-corrected chi connectivity index (χ2v) is 11.2. The lowest BCUT2D eigenvalue weighted by Crippen LogP contribution is -2.48. The van der Waals surface area contributed by atoms with Crippen molar-refractivity contribution in [1.82, 2.24) is 14.5 Å². The molecule has 0 atom stereocenters. The fourth-order valence-electron chi connectivity index (χ4n) is 4.54. The van der Waals surface area contributed by atoms with E-state index in [0.717, 1.165) is 38.3 Å². The van der Waals surface area contributed by atoms with Gasteiger partial charge in [0.05, 0.1) is 5.69 Å². The summed E-state index contributed by atoms with van der Waals surface area (Å²) in [7, 11) is -3.75. The topological polar surface area (TPSA) is 73.0 Å². The molecule has 0 aliphatic carbocycles. The molecule has 1 fully saturated rings. The van der Waals surface area contributed by atoms with Gasteiger partial charge in [0.1, 0.15) is 4.90 Å². The van der Waals surface area contributed by atoms with Crippen LogP contribution in [-0.2, 0) is 27.8 Å². The normalized spacial score (nSPS) is 17.3. The smallest absolute Gasteiger partial charge is 0.242 e. The predicted molar refractivity (Wildman–Crippen MR) is 134 cm³/mol. The van der Waals surface area contributed by atoms with E-state index in [2.05, 4.69) is 54.7 Å². The van der Waals surface area contributed by atoms with E-state index in [1.54, 1.807) is 17.9 Å². The molecule has 0 aromatic heterocycles. The van der Waals surface area contributed by atoms with Gasteiger partial charge < -0.3 is 4.90 Å². The molecule has 2 aromatic carbocycles. The quantitative estimate of drug-likeness (QED) is 0.563. The van der Waals surface area contributed by atoms with Crippen molar-refractivity contribution in [2.24, 2.45) is 0 Å². The van der Waals surface area contributed by atoms with Crippen LogP contribution in [0.2, 0.25) is 0 Å². The predicted octanol–water partition coefficient (Wildman–Crippen LogP) is 2.84. The van der Waals surface area contributed by atoms with Crippen LogP contribution in [0.1, 0.15) is 24.5 Å². The molecular formula is C24H31BrN4O3S. The number of hydrogen-bond donors (Lipinski definition) is 1. The molecule has 4 rings (SSSR count). The highest BCUT2D eigenvalue weighted by Gasteiger charge is 2.32. The zero-order chi connectivity index (χ0) is 23.4. The van der Waals surface area contributed by atoms with Crippen LogP contribution in [-0.4, -0.2) is 69.9 Å². The summed E-state index contributed by atoms with van der Waals surface area (Å²) in [5.74, 6) is -0.0547. The van der Waals surface area contributed by atoms with Gasteiger partial charge in [0.2, 0.25) is 15.9 Å². The van der Waals surface area contributed by atoms with Gasteiger partial charge in [0, 0.05) is 63.3 Å². The fraction of sp³-hybridized carbons (Fsp3) is 0.458. The number of piperazine rings is 1. The Labute approximate surface area is 204 Å². The van der Waals surface area contributed by atoms with Crippen LogP contribution in [0.4, 0.5) is 5.69 Å². The molecule has 0 unspecified atom stereocenters. The van der Waals surface area contributed by atoms with Crippen molar-refractivity contribution in [1.29, 1.82) is 0 Å². The Morgan fingerprint density at radius 2 is 1.73 bits per heavy atom. The number of nitrogens with one attached hydrogen (secondary N) is 1. The molecule has 1 N–H and O–H groups in total. The highest BCUT2D eigenvalue weighted by molar-refractivity contribution is 9.10. The van der Waals surface area contributed by atoms with Crippen molar-refractivity contribution in [2.75, 3.05) is 50.7 Å². The summed E-state index contributed by atoms with van der Waals surface area (Å²) in [5, 5.41) is 0. The standard InChI is InChI=1S/C24H31BrN4O3S/c1-2-23(30)29-10-8-20-16-21(25)17-22(24(20)29)33(31,32)26-9-11-27-12-14-28(15-13-27)18-19-6-4-3-5-7-19/h3-7,16-17,26H,2,8-15,18H2,1H3. The SMILES string of the molecule is CCC(=O)N1CCc2cc(Br)cc(S(=O)(=O)NCCN3CCN(Cc4ccccc4)CC3)c21. The van der Waals surface area contributed by atoms with E-state index >= 15 is 0 Å². The maximum absolute atomic E-state index is 13.2. The van der Waals surface area contributed by atoms with Crippen LogP contribution in [0.5, 0.6) is 0 Å². The number of benzene rings is 2. The van der Waals surface area contributed by atoms with Crippen LogP contribution < -0.4 is 9.62 Å². The van der Waals surface area contributed by atoms with Gasteiger partial charge in [0.25, 0.3) is 0 Å². The van der Waals surface area contributed by atoms with Crippen molar-refractivity contribution in [3.8, 4) is 0 Å². The van der Waals surface area contributed by atoms with Crippen LogP contribution in [0.3, 0.4) is 0 Å². The van der Waals surface area contributed by atoms with Crippen LogP contribution in [0.15, 0.2) is 51.8 Å². The van der Waals surface area contributed by atoms with Gasteiger partial charge in [-0.2, -0.15) is 0 Å². The molecule has 0 bridgehead atoms. The summed E-state index contributed by atoms with van der Waals surface area (Å²) < 4.78 is 29.9. The number of nitrogens with zero attached hydrogens (tertiary/aromatic N) is 3. The summed E-state index contributed by atoms with van der Waals surface area (Å²) in [6.45, 7) is 8.03. The molecule has 2 aliphatic rings. The molecule has 1 amide bonds. The summed E-state index contributed by atoms with van der Waals surface area (Å²) >= 11 is 3.43. The number of amides is 1. The Morgan fingerprint density at radius 1 is 1.03 bits per heavy atom. The minimum Gasteiger partial charge on any atom is -0.310 e. The average Bonchev–Trinajstić information content (AvgIpc) is 3.23. The lowest BCUT2D eigenvalue weighted by Gasteiger charge is -2.34. The monoisotopic (exact) mass is 534 g/mol. The Morgan fingerprint density at radius 3 is 2.42 bits per heavy atom. The van der Waals surface area contributed by atoms with Gasteiger partial charge in [-0.3, -0.25) is 14.6 Å². The third-order valence-electron chi connectivity index (χ3n) is 6.32. The van der Waals surface area contributed by atoms with Crippen LogP contribution in [0, 0.1) is 0 Å². The number of carbonyl (C=O) groups excluding carboxylic acids is 1. The molecule has 0 spiro atoms. The Balaban J connectivity index is 1.34. The first-order chi connectivity index (χ1) is 15.9. The second kappa shape index (κ2) is 10.7. The zero-order valence-electron chi connectivity index (χ0n) is 19.0. The number of hydrogen-bond acceptors (Lipinski definition) is 5. The van der Waals surface area contributed by atoms with E-state index in [9.17, 15) is 13.2 Å². The van der Waals surface area contributed by atoms with Crippen LogP contribution in [0.25, 0.3) is 0 Å². The van der Waals surface area contributed by atoms with Crippen molar-refractivity contribution in [2.45, 2.75) is 31.2 Å². The van der Waals surface area contributed by atoms with E-state index in [4.69, 9.17) is 0 Å².